The quantitative estimate of drug-likeness (QED) is 0.549. The van der Waals surface area contributed by atoms with Gasteiger partial charge in [0.1, 0.15) is 5.52 Å². The van der Waals surface area contributed by atoms with Gasteiger partial charge in [-0.3, -0.25) is 4.79 Å². The second kappa shape index (κ2) is 7.51. The second-order valence-corrected chi connectivity index (χ2v) is 5.11. The summed E-state index contributed by atoms with van der Waals surface area (Å²) in [6.45, 7) is 0.727. The number of imidazole rings is 1. The Morgan fingerprint density at radius 1 is 1.23 bits per heavy atom. The molecule has 7 heteroatoms. The third-order valence-electron chi connectivity index (χ3n) is 2.74. The molecule has 0 saturated carbocycles. The maximum Gasteiger partial charge on any atom is 0.224 e. The summed E-state index contributed by atoms with van der Waals surface area (Å²) >= 11 is 5.79. The van der Waals surface area contributed by atoms with E-state index in [1.807, 2.05) is 22.8 Å². The highest BCUT2D eigenvalue weighted by Crippen LogP contribution is 2.13. The molecule has 0 spiro atoms. The summed E-state index contributed by atoms with van der Waals surface area (Å²) < 4.78 is 1.96. The molecule has 0 aliphatic rings. The smallest absolute Gasteiger partial charge is 0.224 e. The lowest BCUT2D eigenvalue weighted by Crippen LogP contribution is -2.06. The summed E-state index contributed by atoms with van der Waals surface area (Å²) in [6, 6.07) is 10.1. The van der Waals surface area contributed by atoms with Crippen LogP contribution in [-0.2, 0) is 11.3 Å². The van der Waals surface area contributed by atoms with Crippen LogP contribution in [0.1, 0.15) is 5.56 Å². The van der Waals surface area contributed by atoms with Crippen molar-refractivity contribution in [3.8, 4) is 0 Å². The van der Waals surface area contributed by atoms with Crippen molar-refractivity contribution in [2.24, 2.45) is 0 Å². The van der Waals surface area contributed by atoms with Crippen molar-refractivity contribution in [2.75, 3.05) is 14.1 Å². The molecule has 2 aromatic heterocycles. The summed E-state index contributed by atoms with van der Waals surface area (Å²) in [5.74, 6) is 0. The topological polar surface area (TPSA) is 63.9 Å². The summed E-state index contributed by atoms with van der Waals surface area (Å²) in [4.78, 5) is 23.2. The predicted octanol–water partition coefficient (Wildman–Crippen LogP) is 2.23. The molecule has 3 aromatic rings. The number of aromatic nitrogens is 4. The van der Waals surface area contributed by atoms with E-state index in [1.54, 1.807) is 26.6 Å². The third-order valence-corrected chi connectivity index (χ3v) is 2.92. The van der Waals surface area contributed by atoms with Crippen LogP contribution in [0.15, 0.2) is 42.9 Å². The van der Waals surface area contributed by atoms with Crippen molar-refractivity contribution in [2.45, 2.75) is 6.54 Å². The Hall–Kier alpha value is -2.47. The Morgan fingerprint density at radius 3 is 2.55 bits per heavy atom. The molecular weight excluding hydrogens is 302 g/mol. The Kier molecular flexibility index (Phi) is 5.43. The Balaban J connectivity index is 0.000000309. The summed E-state index contributed by atoms with van der Waals surface area (Å²) in [7, 11) is 3.38. The first-order chi connectivity index (χ1) is 10.6. The lowest BCUT2D eigenvalue weighted by Gasteiger charge is -2.03. The van der Waals surface area contributed by atoms with Gasteiger partial charge in [-0.25, -0.2) is 9.97 Å². The van der Waals surface area contributed by atoms with Gasteiger partial charge in [0.25, 0.3) is 0 Å². The molecule has 0 unspecified atom stereocenters. The van der Waals surface area contributed by atoms with E-state index in [0.29, 0.717) is 0 Å². The van der Waals surface area contributed by atoms with E-state index in [1.165, 1.54) is 10.5 Å². The largest absolute Gasteiger partial charge is 0.351 e. The van der Waals surface area contributed by atoms with Gasteiger partial charge in [0, 0.05) is 14.1 Å². The number of carbonyl (C=O) groups is 1. The fourth-order valence-electron chi connectivity index (χ4n) is 1.73. The van der Waals surface area contributed by atoms with Crippen LogP contribution in [-0.4, -0.2) is 44.9 Å². The highest BCUT2D eigenvalue weighted by atomic mass is 35.5. The van der Waals surface area contributed by atoms with Crippen molar-refractivity contribution >= 4 is 29.2 Å². The van der Waals surface area contributed by atoms with Gasteiger partial charge in [0.05, 0.1) is 19.1 Å². The van der Waals surface area contributed by atoms with Gasteiger partial charge in [0.15, 0.2) is 5.65 Å². The maximum atomic E-state index is 9.43. The van der Waals surface area contributed by atoms with Crippen molar-refractivity contribution in [3.63, 3.8) is 0 Å². The van der Waals surface area contributed by atoms with Crippen LogP contribution in [0, 0.1) is 0 Å². The van der Waals surface area contributed by atoms with Crippen LogP contribution in [0.5, 0.6) is 0 Å². The van der Waals surface area contributed by atoms with Gasteiger partial charge < -0.3 is 9.47 Å². The van der Waals surface area contributed by atoms with Gasteiger partial charge in [-0.1, -0.05) is 30.3 Å². The zero-order valence-corrected chi connectivity index (χ0v) is 13.1. The fourth-order valence-corrected chi connectivity index (χ4v) is 1.86. The molecule has 114 valence electrons. The molecule has 0 aliphatic heterocycles. The molecule has 6 nitrogen and oxygen atoms in total. The van der Waals surface area contributed by atoms with Gasteiger partial charge in [-0.2, -0.15) is 4.98 Å². The van der Waals surface area contributed by atoms with Crippen molar-refractivity contribution in [1.29, 1.82) is 0 Å². The van der Waals surface area contributed by atoms with Crippen LogP contribution in [0.25, 0.3) is 11.2 Å². The number of hydrogen-bond donors (Lipinski definition) is 0. The highest BCUT2D eigenvalue weighted by molar-refractivity contribution is 6.28. The molecule has 22 heavy (non-hydrogen) atoms. The number of benzene rings is 1. The number of carbonyl (C=O) groups excluding carboxylic acids is 1. The predicted molar refractivity (Wildman–Crippen MR) is 85.6 cm³/mol. The fraction of sp³-hybridized carbons (Fsp3) is 0.200. The Bertz CT molecular complexity index is 742. The molecule has 1 aromatic carbocycles. The molecule has 0 atom stereocenters. The number of nitrogens with zero attached hydrogens (tertiary/aromatic N) is 5. The minimum Gasteiger partial charge on any atom is -0.351 e. The Morgan fingerprint density at radius 2 is 1.91 bits per heavy atom. The van der Waals surface area contributed by atoms with E-state index >= 15 is 0 Å². The number of halogens is 1. The standard InChI is InChI=1S/C12H9ClN4.C3H7NO/c13-12-14-6-10-11(16-12)17(8-15-10)7-9-4-2-1-3-5-9;1-4(2)3-5/h1-6,8H,7H2;3H,1-2H3. The van der Waals surface area contributed by atoms with E-state index in [2.05, 4.69) is 27.1 Å². The molecule has 0 fully saturated rings. The second-order valence-electron chi connectivity index (χ2n) is 4.77. The van der Waals surface area contributed by atoms with Gasteiger partial charge in [-0.15, -0.1) is 0 Å². The van der Waals surface area contributed by atoms with Crippen molar-refractivity contribution < 1.29 is 4.79 Å². The number of fused-ring (bicyclic) bond motifs is 1. The first-order valence-electron chi connectivity index (χ1n) is 6.59. The van der Waals surface area contributed by atoms with E-state index in [0.717, 1.165) is 24.1 Å². The average Bonchev–Trinajstić information content (AvgIpc) is 2.91. The summed E-state index contributed by atoms with van der Waals surface area (Å²) in [6.07, 6.45) is 4.13. The molecular formula is C15H16ClN5O. The van der Waals surface area contributed by atoms with Gasteiger partial charge in [-0.05, 0) is 17.2 Å². The molecule has 3 rings (SSSR count). The lowest BCUT2D eigenvalue weighted by molar-refractivity contribution is -0.115. The molecule has 0 aliphatic carbocycles. The average molecular weight is 318 g/mol. The maximum absolute atomic E-state index is 9.43. The molecule has 0 bridgehead atoms. The molecule has 1 amide bonds. The molecule has 2 heterocycles. The number of rotatable bonds is 3. The number of amides is 1. The highest BCUT2D eigenvalue weighted by Gasteiger charge is 2.05. The van der Waals surface area contributed by atoms with Gasteiger partial charge in [0.2, 0.25) is 11.7 Å². The van der Waals surface area contributed by atoms with Crippen LogP contribution in [0.3, 0.4) is 0 Å². The summed E-state index contributed by atoms with van der Waals surface area (Å²) in [5.41, 5.74) is 2.71. The van der Waals surface area contributed by atoms with Crippen LogP contribution >= 0.6 is 11.6 Å². The SMILES string of the molecule is CN(C)C=O.Clc1ncc2ncn(Cc3ccccc3)c2n1. The van der Waals surface area contributed by atoms with E-state index < -0.39 is 0 Å². The van der Waals surface area contributed by atoms with Crippen LogP contribution in [0.4, 0.5) is 0 Å². The monoisotopic (exact) mass is 317 g/mol. The first-order valence-corrected chi connectivity index (χ1v) is 6.97. The van der Waals surface area contributed by atoms with Crippen molar-refractivity contribution in [3.05, 3.63) is 53.7 Å². The zero-order valence-electron chi connectivity index (χ0n) is 12.3. The van der Waals surface area contributed by atoms with E-state index in [4.69, 9.17) is 11.6 Å². The van der Waals surface area contributed by atoms with E-state index in [-0.39, 0.29) is 5.28 Å². The lowest BCUT2D eigenvalue weighted by atomic mass is 10.2. The third kappa shape index (κ3) is 4.26. The number of hydrogen-bond acceptors (Lipinski definition) is 4. The minimum absolute atomic E-state index is 0.243. The van der Waals surface area contributed by atoms with Crippen molar-refractivity contribution in [1.82, 2.24) is 24.4 Å². The normalized spacial score (nSPS) is 9.95. The Labute approximate surface area is 133 Å². The molecule has 0 saturated heterocycles. The summed E-state index contributed by atoms with van der Waals surface area (Å²) in [5, 5.41) is 0.243. The van der Waals surface area contributed by atoms with Crippen LogP contribution in [0.2, 0.25) is 5.28 Å². The molecule has 0 N–H and O–H groups in total. The minimum atomic E-state index is 0.243. The zero-order chi connectivity index (χ0) is 15.9. The molecule has 0 radical (unpaired) electrons. The first kappa shape index (κ1) is 15.9. The van der Waals surface area contributed by atoms with Crippen LogP contribution < -0.4 is 0 Å². The van der Waals surface area contributed by atoms with Gasteiger partial charge >= 0.3 is 0 Å². The van der Waals surface area contributed by atoms with E-state index in [9.17, 15) is 4.79 Å².